The number of hydrogen-bond donors (Lipinski definition) is 0. The predicted octanol–water partition coefficient (Wildman–Crippen LogP) is 3.16. The second kappa shape index (κ2) is 7.03. The second-order valence-electron chi connectivity index (χ2n) is 7.55. The maximum Gasteiger partial charge on any atom is 0.162 e. The van der Waals surface area contributed by atoms with E-state index in [-0.39, 0.29) is 11.6 Å². The SMILES string of the molecule is COc1cc2ncnc(C(C#N)C3=NC(C)(C)CN3C(C)C)c2cc1OC. The van der Waals surface area contributed by atoms with Gasteiger partial charge in [-0.2, -0.15) is 5.26 Å². The van der Waals surface area contributed by atoms with Gasteiger partial charge in [-0.15, -0.1) is 0 Å². The molecule has 0 saturated heterocycles. The number of fused-ring (bicyclic) bond motifs is 1. The van der Waals surface area contributed by atoms with Crippen LogP contribution in [0.5, 0.6) is 11.5 Å². The molecule has 1 unspecified atom stereocenters. The fourth-order valence-corrected chi connectivity index (χ4v) is 3.46. The van der Waals surface area contributed by atoms with E-state index in [4.69, 9.17) is 14.5 Å². The molecule has 0 radical (unpaired) electrons. The number of hydrogen-bond acceptors (Lipinski definition) is 7. The molecular formula is C20H25N5O2. The van der Waals surface area contributed by atoms with Crippen molar-refractivity contribution in [1.82, 2.24) is 14.9 Å². The van der Waals surface area contributed by atoms with Gasteiger partial charge in [-0.25, -0.2) is 9.97 Å². The van der Waals surface area contributed by atoms with Crippen molar-refractivity contribution < 1.29 is 9.47 Å². The van der Waals surface area contributed by atoms with Crippen molar-refractivity contribution in [2.24, 2.45) is 4.99 Å². The third-order valence-electron chi connectivity index (χ3n) is 4.72. The highest BCUT2D eigenvalue weighted by atomic mass is 16.5. The maximum absolute atomic E-state index is 10.0. The monoisotopic (exact) mass is 367 g/mol. The van der Waals surface area contributed by atoms with Crippen LogP contribution in [0.2, 0.25) is 0 Å². The number of benzene rings is 1. The molecule has 0 amide bonds. The van der Waals surface area contributed by atoms with Gasteiger partial charge in [0.25, 0.3) is 0 Å². The van der Waals surface area contributed by atoms with Gasteiger partial charge in [0.2, 0.25) is 0 Å². The standard InChI is InChI=1S/C20H25N5O2/c1-12(2)25-10-20(3,4)24-19(25)14(9-21)18-13-7-16(26-5)17(27-6)8-15(13)22-11-23-18/h7-8,11-12,14H,10H2,1-6H3. The van der Waals surface area contributed by atoms with E-state index in [2.05, 4.69) is 48.6 Å². The average Bonchev–Trinajstić information content (AvgIpc) is 2.97. The molecule has 0 bridgehead atoms. The molecule has 0 N–H and O–H groups in total. The van der Waals surface area contributed by atoms with Gasteiger partial charge in [0.1, 0.15) is 18.1 Å². The first-order chi connectivity index (χ1) is 12.8. The van der Waals surface area contributed by atoms with Crippen LogP contribution in [0.4, 0.5) is 0 Å². The smallest absolute Gasteiger partial charge is 0.162 e. The lowest BCUT2D eigenvalue weighted by molar-refractivity contribution is 0.320. The molecule has 1 aromatic carbocycles. The number of nitrogens with zero attached hydrogens (tertiary/aromatic N) is 5. The van der Waals surface area contributed by atoms with Crippen LogP contribution >= 0.6 is 0 Å². The molecule has 2 aromatic rings. The Labute approximate surface area is 159 Å². The van der Waals surface area contributed by atoms with Gasteiger partial charge in [-0.3, -0.25) is 4.99 Å². The van der Waals surface area contributed by atoms with Crippen LogP contribution in [-0.4, -0.2) is 53.0 Å². The Morgan fingerprint density at radius 2 is 1.81 bits per heavy atom. The molecule has 3 rings (SSSR count). The number of rotatable bonds is 5. The van der Waals surface area contributed by atoms with Crippen molar-refractivity contribution in [3.05, 3.63) is 24.2 Å². The van der Waals surface area contributed by atoms with Crippen molar-refractivity contribution in [3.8, 4) is 17.6 Å². The molecule has 0 spiro atoms. The van der Waals surface area contributed by atoms with E-state index in [9.17, 15) is 5.26 Å². The van der Waals surface area contributed by atoms with Crippen LogP contribution in [0.15, 0.2) is 23.5 Å². The van der Waals surface area contributed by atoms with Crippen molar-refractivity contribution in [2.45, 2.75) is 45.2 Å². The highest BCUT2D eigenvalue weighted by Gasteiger charge is 2.38. The zero-order valence-electron chi connectivity index (χ0n) is 16.6. The third-order valence-corrected chi connectivity index (χ3v) is 4.72. The predicted molar refractivity (Wildman–Crippen MR) is 104 cm³/mol. The van der Waals surface area contributed by atoms with E-state index in [1.807, 2.05) is 6.07 Å². The summed E-state index contributed by atoms with van der Waals surface area (Å²) in [7, 11) is 3.17. The van der Waals surface area contributed by atoms with E-state index in [0.717, 1.165) is 17.8 Å². The van der Waals surface area contributed by atoms with Crippen molar-refractivity contribution >= 4 is 16.7 Å². The molecule has 1 aliphatic rings. The lowest BCUT2D eigenvalue weighted by Crippen LogP contribution is -2.39. The molecule has 1 aliphatic heterocycles. The minimum atomic E-state index is -0.585. The van der Waals surface area contributed by atoms with Crippen LogP contribution in [0.3, 0.4) is 0 Å². The summed E-state index contributed by atoms with van der Waals surface area (Å²) < 4.78 is 10.8. The topological polar surface area (TPSA) is 83.6 Å². The number of aliphatic imine (C=N–C) groups is 1. The molecule has 7 heteroatoms. The van der Waals surface area contributed by atoms with E-state index < -0.39 is 5.92 Å². The summed E-state index contributed by atoms with van der Waals surface area (Å²) in [5.41, 5.74) is 1.09. The van der Waals surface area contributed by atoms with Gasteiger partial charge in [-0.05, 0) is 33.8 Å². The Kier molecular flexibility index (Phi) is 4.92. The van der Waals surface area contributed by atoms with Crippen LogP contribution < -0.4 is 9.47 Å². The first-order valence-electron chi connectivity index (χ1n) is 8.94. The Balaban J connectivity index is 2.19. The number of methoxy groups -OCH3 is 2. The molecule has 2 heterocycles. The molecule has 7 nitrogen and oxygen atoms in total. The molecule has 1 aromatic heterocycles. The Morgan fingerprint density at radius 1 is 1.15 bits per heavy atom. The average molecular weight is 367 g/mol. The van der Waals surface area contributed by atoms with Crippen molar-refractivity contribution in [1.29, 1.82) is 5.26 Å². The normalized spacial score (nSPS) is 17.0. The minimum absolute atomic E-state index is 0.238. The van der Waals surface area contributed by atoms with Gasteiger partial charge in [0.05, 0.1) is 37.0 Å². The van der Waals surface area contributed by atoms with Crippen LogP contribution in [0.1, 0.15) is 39.3 Å². The summed E-state index contributed by atoms with van der Waals surface area (Å²) in [6.45, 7) is 9.15. The summed E-state index contributed by atoms with van der Waals surface area (Å²) in [6, 6.07) is 6.27. The van der Waals surface area contributed by atoms with Crippen LogP contribution in [-0.2, 0) is 0 Å². The van der Waals surface area contributed by atoms with Gasteiger partial charge < -0.3 is 14.4 Å². The van der Waals surface area contributed by atoms with Gasteiger partial charge >= 0.3 is 0 Å². The Bertz CT molecular complexity index is 930. The highest BCUT2D eigenvalue weighted by molar-refractivity contribution is 5.97. The number of ether oxygens (including phenoxy) is 2. The zero-order chi connectivity index (χ0) is 19.8. The largest absolute Gasteiger partial charge is 0.493 e. The molecule has 0 saturated carbocycles. The minimum Gasteiger partial charge on any atom is -0.493 e. The Morgan fingerprint density at radius 3 is 2.41 bits per heavy atom. The summed E-state index contributed by atoms with van der Waals surface area (Å²) in [5, 5.41) is 10.8. The second-order valence-corrected chi connectivity index (χ2v) is 7.55. The molecule has 142 valence electrons. The number of aromatic nitrogens is 2. The summed E-state index contributed by atoms with van der Waals surface area (Å²) in [5.74, 6) is 1.34. The third kappa shape index (κ3) is 3.39. The van der Waals surface area contributed by atoms with Crippen LogP contribution in [0.25, 0.3) is 10.9 Å². The van der Waals surface area contributed by atoms with Crippen molar-refractivity contribution in [2.75, 3.05) is 20.8 Å². The maximum atomic E-state index is 10.0. The first kappa shape index (κ1) is 18.9. The lowest BCUT2D eigenvalue weighted by atomic mass is 9.99. The van der Waals surface area contributed by atoms with E-state index in [1.165, 1.54) is 6.33 Å². The lowest BCUT2D eigenvalue weighted by Gasteiger charge is -2.28. The number of amidine groups is 1. The van der Waals surface area contributed by atoms with Gasteiger partial charge in [0.15, 0.2) is 11.5 Å². The fourth-order valence-electron chi connectivity index (χ4n) is 3.46. The van der Waals surface area contributed by atoms with Crippen LogP contribution in [0, 0.1) is 11.3 Å². The van der Waals surface area contributed by atoms with Gasteiger partial charge in [-0.1, -0.05) is 0 Å². The molecule has 27 heavy (non-hydrogen) atoms. The first-order valence-corrected chi connectivity index (χ1v) is 8.94. The molecular weight excluding hydrogens is 342 g/mol. The Hall–Kier alpha value is -2.88. The highest BCUT2D eigenvalue weighted by Crippen LogP contribution is 2.36. The molecule has 1 atom stereocenters. The number of nitriles is 1. The van der Waals surface area contributed by atoms with Gasteiger partial charge in [0, 0.05) is 24.0 Å². The quantitative estimate of drug-likeness (QED) is 0.807. The molecule has 0 aliphatic carbocycles. The summed E-state index contributed by atoms with van der Waals surface area (Å²) in [4.78, 5) is 15.8. The molecule has 0 fully saturated rings. The zero-order valence-corrected chi connectivity index (χ0v) is 16.6. The summed E-state index contributed by atoms with van der Waals surface area (Å²) >= 11 is 0. The van der Waals surface area contributed by atoms with Crippen molar-refractivity contribution in [3.63, 3.8) is 0 Å². The van der Waals surface area contributed by atoms with E-state index in [0.29, 0.717) is 22.7 Å². The van der Waals surface area contributed by atoms with E-state index >= 15 is 0 Å². The summed E-state index contributed by atoms with van der Waals surface area (Å²) in [6.07, 6.45) is 1.48. The van der Waals surface area contributed by atoms with E-state index in [1.54, 1.807) is 20.3 Å². The fraction of sp³-hybridized carbons (Fsp3) is 0.500.